The van der Waals surface area contributed by atoms with Crippen molar-refractivity contribution >= 4 is 39.1 Å². The Morgan fingerprint density at radius 2 is 2.02 bits per heavy atom. The van der Waals surface area contributed by atoms with Crippen LogP contribution in [0.15, 0.2) is 60.2 Å². The second kappa shape index (κ2) is 13.3. The van der Waals surface area contributed by atoms with Crippen LogP contribution in [0.3, 0.4) is 0 Å². The molecule has 1 aromatic rings. The molecule has 1 saturated heterocycles. The molecule has 0 spiro atoms. The van der Waals surface area contributed by atoms with Crippen molar-refractivity contribution in [3.05, 3.63) is 70.8 Å². The molecule has 1 amide bonds. The van der Waals surface area contributed by atoms with Gasteiger partial charge in [0.1, 0.15) is 0 Å². The molecule has 6 nitrogen and oxygen atoms in total. The van der Waals surface area contributed by atoms with Gasteiger partial charge in [-0.3, -0.25) is 4.79 Å². The number of carbonyl (C=O) groups is 1. The first-order chi connectivity index (χ1) is 19.5. The predicted octanol–water partition coefficient (Wildman–Crippen LogP) is 6.96. The molecule has 1 saturated carbocycles. The Labute approximate surface area is 256 Å². The van der Waals surface area contributed by atoms with Crippen molar-refractivity contribution in [2.24, 2.45) is 10.8 Å². The van der Waals surface area contributed by atoms with Crippen LogP contribution in [-0.4, -0.2) is 56.3 Å². The Morgan fingerprint density at radius 1 is 1.27 bits per heavy atom. The maximum absolute atomic E-state index is 14.9. The molecule has 5 atom stereocenters. The van der Waals surface area contributed by atoms with E-state index in [4.69, 9.17) is 27.9 Å². The van der Waals surface area contributed by atoms with E-state index in [1.54, 1.807) is 0 Å². The summed E-state index contributed by atoms with van der Waals surface area (Å²) in [5.41, 5.74) is -0.243. The van der Waals surface area contributed by atoms with Gasteiger partial charge < -0.3 is 9.64 Å². The van der Waals surface area contributed by atoms with E-state index in [0.717, 1.165) is 12.0 Å². The number of likely N-dealkylation sites (tertiary alicyclic amines) is 1. The largest absolute Gasteiger partial charge is 0.380 e. The lowest BCUT2D eigenvalue weighted by molar-refractivity contribution is -0.165. The highest BCUT2D eigenvalue weighted by Gasteiger charge is 2.57. The number of halogens is 2. The Morgan fingerprint density at radius 3 is 2.61 bits per heavy atom. The lowest BCUT2D eigenvalue weighted by atomic mass is 9.60. The van der Waals surface area contributed by atoms with Gasteiger partial charge in [-0.2, -0.15) is 0 Å². The lowest BCUT2D eigenvalue weighted by Crippen LogP contribution is -2.66. The minimum absolute atomic E-state index is 0.00970. The molecule has 0 unspecified atom stereocenters. The fourth-order valence-electron chi connectivity index (χ4n) is 6.55. The van der Waals surface area contributed by atoms with Crippen LogP contribution in [0.4, 0.5) is 0 Å². The van der Waals surface area contributed by atoms with Gasteiger partial charge in [0.2, 0.25) is 15.9 Å². The average Bonchev–Trinajstić information content (AvgIpc) is 3.80. The van der Waals surface area contributed by atoms with Crippen molar-refractivity contribution < 1.29 is 17.9 Å². The smallest absolute Gasteiger partial charge is 0.232 e. The topological polar surface area (TPSA) is 75.7 Å². The summed E-state index contributed by atoms with van der Waals surface area (Å²) in [6, 6.07) is 7.26. The third-order valence-electron chi connectivity index (χ3n) is 8.90. The number of ether oxygens (including phenoxy) is 1. The van der Waals surface area contributed by atoms with Gasteiger partial charge in [-0.25, -0.2) is 13.1 Å². The SMILES string of the molecule is C=CC[C@@]1(COCCC)C[C@H](c2cccc(Cl)c2)[C@@H]([C@]2(C)C=CC(Cl)=CC2)N([C@@H](CC)CNS(=O)(=O)C2CC2)C1=O. The van der Waals surface area contributed by atoms with E-state index >= 15 is 0 Å². The summed E-state index contributed by atoms with van der Waals surface area (Å²) in [4.78, 5) is 16.9. The van der Waals surface area contributed by atoms with Crippen molar-refractivity contribution in [1.29, 1.82) is 0 Å². The summed E-state index contributed by atoms with van der Waals surface area (Å²) >= 11 is 12.9. The van der Waals surface area contributed by atoms with E-state index < -0.39 is 20.9 Å². The molecule has 0 bridgehead atoms. The number of allylic oxidation sites excluding steroid dienone is 4. The number of rotatable bonds is 14. The van der Waals surface area contributed by atoms with Gasteiger partial charge in [0.25, 0.3) is 0 Å². The van der Waals surface area contributed by atoms with Crippen molar-refractivity contribution in [2.75, 3.05) is 19.8 Å². The number of sulfonamides is 1. The highest BCUT2D eigenvalue weighted by atomic mass is 35.5. The zero-order valence-corrected chi connectivity index (χ0v) is 26.8. The molecular formula is C32H44Cl2N2O4S. The highest BCUT2D eigenvalue weighted by molar-refractivity contribution is 7.90. The maximum Gasteiger partial charge on any atom is 0.232 e. The highest BCUT2D eigenvalue weighted by Crippen LogP contribution is 2.53. The molecule has 3 aliphatic rings. The van der Waals surface area contributed by atoms with Crippen molar-refractivity contribution in [3.63, 3.8) is 0 Å². The van der Waals surface area contributed by atoms with Crippen LogP contribution in [0.2, 0.25) is 5.02 Å². The summed E-state index contributed by atoms with van der Waals surface area (Å²) in [7, 11) is -3.43. The molecule has 2 aliphatic carbocycles. The molecule has 1 aromatic carbocycles. The zero-order chi connectivity index (χ0) is 29.8. The quantitative estimate of drug-likeness (QED) is 0.180. The monoisotopic (exact) mass is 622 g/mol. The minimum atomic E-state index is -3.43. The van der Waals surface area contributed by atoms with Gasteiger partial charge in [0, 0.05) is 46.6 Å². The van der Waals surface area contributed by atoms with Crippen LogP contribution >= 0.6 is 23.2 Å². The van der Waals surface area contributed by atoms with E-state index in [0.29, 0.717) is 55.2 Å². The first-order valence-electron chi connectivity index (χ1n) is 14.8. The summed E-state index contributed by atoms with van der Waals surface area (Å²) in [6.07, 6.45) is 12.3. The number of benzene rings is 1. The van der Waals surface area contributed by atoms with E-state index in [9.17, 15) is 13.2 Å². The van der Waals surface area contributed by atoms with Crippen LogP contribution < -0.4 is 4.72 Å². The van der Waals surface area contributed by atoms with Crippen LogP contribution in [0.5, 0.6) is 0 Å². The van der Waals surface area contributed by atoms with E-state index in [2.05, 4.69) is 30.4 Å². The van der Waals surface area contributed by atoms with Gasteiger partial charge in [-0.05, 0) is 68.7 Å². The van der Waals surface area contributed by atoms with E-state index in [-0.39, 0.29) is 42.3 Å². The summed E-state index contributed by atoms with van der Waals surface area (Å²) < 4.78 is 34.8. The Kier molecular flexibility index (Phi) is 10.5. The van der Waals surface area contributed by atoms with Crippen LogP contribution in [-0.2, 0) is 19.6 Å². The van der Waals surface area contributed by atoms with Gasteiger partial charge in [0.05, 0.1) is 17.3 Å². The first kappa shape index (κ1) is 32.3. The number of nitrogens with one attached hydrogen (secondary N) is 1. The minimum Gasteiger partial charge on any atom is -0.380 e. The zero-order valence-electron chi connectivity index (χ0n) is 24.5. The molecular weight excluding hydrogens is 579 g/mol. The summed E-state index contributed by atoms with van der Waals surface area (Å²) in [5.74, 6) is -0.102. The number of carbonyl (C=O) groups excluding carboxylic acids is 1. The van der Waals surface area contributed by atoms with Gasteiger partial charge in [-0.15, -0.1) is 6.58 Å². The normalized spacial score (nSPS) is 29.3. The van der Waals surface area contributed by atoms with Gasteiger partial charge in [-0.1, -0.05) is 74.3 Å². The van der Waals surface area contributed by atoms with Gasteiger partial charge in [0.15, 0.2) is 0 Å². The number of amides is 1. The molecule has 4 rings (SSSR count). The predicted molar refractivity (Wildman–Crippen MR) is 168 cm³/mol. The average molecular weight is 624 g/mol. The van der Waals surface area contributed by atoms with E-state index in [1.165, 1.54) is 0 Å². The van der Waals surface area contributed by atoms with Crippen molar-refractivity contribution in [3.8, 4) is 0 Å². The third-order valence-corrected chi connectivity index (χ3v) is 11.3. The molecule has 9 heteroatoms. The van der Waals surface area contributed by atoms with Crippen LogP contribution in [0.1, 0.15) is 77.2 Å². The second-order valence-electron chi connectivity index (χ2n) is 12.1. The number of hydrogen-bond donors (Lipinski definition) is 1. The fourth-order valence-corrected chi connectivity index (χ4v) is 8.31. The summed E-state index contributed by atoms with van der Waals surface area (Å²) in [5, 5.41) is 0.979. The van der Waals surface area contributed by atoms with Crippen molar-refractivity contribution in [2.45, 2.75) is 89.0 Å². The Hall–Kier alpha value is -1.64. The Balaban J connectivity index is 1.86. The maximum atomic E-state index is 14.9. The number of nitrogens with zero attached hydrogens (tertiary/aromatic N) is 1. The molecule has 1 aliphatic heterocycles. The van der Waals surface area contributed by atoms with Gasteiger partial charge >= 0.3 is 0 Å². The Bertz CT molecular complexity index is 1280. The molecule has 1 N–H and O–H groups in total. The van der Waals surface area contributed by atoms with Crippen LogP contribution in [0, 0.1) is 10.8 Å². The van der Waals surface area contributed by atoms with E-state index in [1.807, 2.05) is 55.2 Å². The van der Waals surface area contributed by atoms with Crippen molar-refractivity contribution in [1.82, 2.24) is 9.62 Å². The third kappa shape index (κ3) is 7.13. The first-order valence-corrected chi connectivity index (χ1v) is 17.1. The molecule has 41 heavy (non-hydrogen) atoms. The standard InChI is InChI=1S/C32H44Cl2N2O4S/c1-5-15-32(22-40-18-6-2)20-28(23-9-8-10-25(34)19-23)29(31(4)16-13-24(33)14-17-31)36(30(32)37)26(7-3)21-35-41(38,39)27-11-12-27/h5,8-10,13-14,16,19,26-29,35H,1,6-7,11-12,15,17-18,20-22H2,2-4H3/t26-,28+,29-,31+,32-/m0/s1. The molecule has 0 aromatic heterocycles. The molecule has 0 radical (unpaired) electrons. The summed E-state index contributed by atoms with van der Waals surface area (Å²) in [6.45, 7) is 11.2. The number of piperidine rings is 1. The molecule has 226 valence electrons. The molecule has 2 fully saturated rings. The molecule has 1 heterocycles. The second-order valence-corrected chi connectivity index (χ2v) is 15.1. The fraction of sp³-hybridized carbons (Fsp3) is 0.594. The lowest BCUT2D eigenvalue weighted by Gasteiger charge is -2.57. The van der Waals surface area contributed by atoms with Crippen LogP contribution in [0.25, 0.3) is 0 Å². The number of hydrogen-bond acceptors (Lipinski definition) is 4.